The number of hydrogen-bond donors (Lipinski definition) is 1. The second kappa shape index (κ2) is 6.80. The molecular weight excluding hydrogens is 328 g/mol. The van der Waals surface area contributed by atoms with Crippen molar-refractivity contribution in [2.75, 3.05) is 26.2 Å². The van der Waals surface area contributed by atoms with Crippen molar-refractivity contribution in [1.29, 1.82) is 0 Å². The molecule has 0 aromatic carbocycles. The number of H-pyrrole nitrogens is 1. The smallest absolute Gasteiger partial charge is 0.328 e. The van der Waals surface area contributed by atoms with Crippen LogP contribution in [-0.2, 0) is 11.3 Å². The molecule has 0 spiro atoms. The Morgan fingerprint density at radius 2 is 1.84 bits per heavy atom. The number of furan rings is 1. The first-order valence-electron chi connectivity index (χ1n) is 7.87. The third-order valence-corrected chi connectivity index (χ3v) is 4.20. The van der Waals surface area contributed by atoms with Crippen molar-refractivity contribution in [1.82, 2.24) is 19.4 Å². The number of amides is 2. The van der Waals surface area contributed by atoms with Crippen molar-refractivity contribution in [2.24, 2.45) is 0 Å². The van der Waals surface area contributed by atoms with Crippen LogP contribution in [0.15, 0.2) is 38.6 Å². The quantitative estimate of drug-likeness (QED) is 0.805. The zero-order valence-corrected chi connectivity index (χ0v) is 13.7. The molecule has 2 amide bonds. The van der Waals surface area contributed by atoms with Gasteiger partial charge in [-0.3, -0.25) is 19.0 Å². The molecule has 0 aliphatic carbocycles. The van der Waals surface area contributed by atoms with E-state index >= 15 is 0 Å². The van der Waals surface area contributed by atoms with E-state index < -0.39 is 17.2 Å². The summed E-state index contributed by atoms with van der Waals surface area (Å²) >= 11 is 0. The highest BCUT2D eigenvalue weighted by molar-refractivity contribution is 5.93. The topological polar surface area (TPSA) is 109 Å². The highest BCUT2D eigenvalue weighted by Crippen LogP contribution is 2.06. The molecule has 1 aliphatic rings. The Bertz CT molecular complexity index is 888. The van der Waals surface area contributed by atoms with Crippen LogP contribution >= 0.6 is 0 Å². The number of aromatic nitrogens is 2. The number of carbonyl (C=O) groups is 2. The summed E-state index contributed by atoms with van der Waals surface area (Å²) in [6.07, 6.45) is 2.58. The van der Waals surface area contributed by atoms with Gasteiger partial charge in [-0.2, -0.15) is 0 Å². The lowest BCUT2D eigenvalue weighted by Crippen LogP contribution is -2.51. The minimum absolute atomic E-state index is 0.0445. The van der Waals surface area contributed by atoms with Crippen LogP contribution < -0.4 is 11.2 Å². The maximum absolute atomic E-state index is 12.6. The van der Waals surface area contributed by atoms with Gasteiger partial charge in [-0.1, -0.05) is 0 Å². The summed E-state index contributed by atoms with van der Waals surface area (Å²) in [5, 5.41) is 0. The van der Waals surface area contributed by atoms with Gasteiger partial charge < -0.3 is 19.2 Å². The van der Waals surface area contributed by atoms with Gasteiger partial charge in [0.15, 0.2) is 0 Å². The molecule has 0 atom stereocenters. The molecule has 132 valence electrons. The average Bonchev–Trinajstić information content (AvgIpc) is 3.11. The molecule has 0 radical (unpaired) electrons. The van der Waals surface area contributed by atoms with Gasteiger partial charge in [0.1, 0.15) is 11.3 Å². The van der Waals surface area contributed by atoms with Gasteiger partial charge in [0.2, 0.25) is 5.91 Å². The van der Waals surface area contributed by atoms with Gasteiger partial charge in [0.05, 0.1) is 12.8 Å². The minimum Gasteiger partial charge on any atom is -0.467 e. The molecule has 0 unspecified atom stereocenters. The summed E-state index contributed by atoms with van der Waals surface area (Å²) in [6.45, 7) is 2.95. The van der Waals surface area contributed by atoms with Gasteiger partial charge in [0, 0.05) is 39.3 Å². The molecule has 1 fully saturated rings. The van der Waals surface area contributed by atoms with Crippen molar-refractivity contribution in [3.63, 3.8) is 0 Å². The average molecular weight is 346 g/mol. The van der Waals surface area contributed by atoms with E-state index in [2.05, 4.69) is 4.98 Å². The summed E-state index contributed by atoms with van der Waals surface area (Å²) in [6, 6.07) is 3.29. The molecule has 2 aromatic rings. The normalized spacial score (nSPS) is 14.6. The molecule has 9 nitrogen and oxygen atoms in total. The standard InChI is InChI=1S/C16H18N4O5/c1-11(21)18-4-6-19(7-5-18)14(22)13-9-17-16(24)20(15(13)23)10-12-3-2-8-25-12/h2-3,8-9H,4-7,10H2,1H3,(H,17,24). The Kier molecular flexibility index (Phi) is 4.55. The fraction of sp³-hybridized carbons (Fsp3) is 0.375. The number of nitrogens with zero attached hydrogens (tertiary/aromatic N) is 3. The van der Waals surface area contributed by atoms with Crippen LogP contribution in [0.2, 0.25) is 0 Å². The number of aromatic amines is 1. The molecule has 0 saturated carbocycles. The maximum Gasteiger partial charge on any atom is 0.328 e. The van der Waals surface area contributed by atoms with Gasteiger partial charge in [0.25, 0.3) is 11.5 Å². The van der Waals surface area contributed by atoms with Crippen LogP contribution in [0.25, 0.3) is 0 Å². The summed E-state index contributed by atoms with van der Waals surface area (Å²) in [5.74, 6) is -0.0677. The maximum atomic E-state index is 12.6. The first kappa shape index (κ1) is 16.7. The lowest BCUT2D eigenvalue weighted by Gasteiger charge is -2.34. The van der Waals surface area contributed by atoms with Crippen molar-refractivity contribution in [3.05, 3.63) is 56.8 Å². The van der Waals surface area contributed by atoms with Crippen LogP contribution in [0.1, 0.15) is 23.0 Å². The summed E-state index contributed by atoms with van der Waals surface area (Å²) in [5.41, 5.74) is -1.39. The highest BCUT2D eigenvalue weighted by Gasteiger charge is 2.26. The van der Waals surface area contributed by atoms with Crippen molar-refractivity contribution in [2.45, 2.75) is 13.5 Å². The third kappa shape index (κ3) is 3.39. The molecule has 1 saturated heterocycles. The zero-order valence-electron chi connectivity index (χ0n) is 13.7. The molecule has 3 heterocycles. The summed E-state index contributed by atoms with van der Waals surface area (Å²) < 4.78 is 6.08. The second-order valence-corrected chi connectivity index (χ2v) is 5.78. The SMILES string of the molecule is CC(=O)N1CCN(C(=O)c2c[nH]c(=O)n(Cc3ccco3)c2=O)CC1. The van der Waals surface area contributed by atoms with E-state index in [1.54, 1.807) is 17.0 Å². The Morgan fingerprint density at radius 3 is 2.44 bits per heavy atom. The molecule has 25 heavy (non-hydrogen) atoms. The van der Waals surface area contributed by atoms with Crippen LogP contribution in [0, 0.1) is 0 Å². The van der Waals surface area contributed by atoms with Gasteiger partial charge in [-0.05, 0) is 12.1 Å². The third-order valence-electron chi connectivity index (χ3n) is 4.20. The predicted octanol–water partition coefficient (Wildman–Crippen LogP) is -0.518. The van der Waals surface area contributed by atoms with Gasteiger partial charge >= 0.3 is 5.69 Å². The highest BCUT2D eigenvalue weighted by atomic mass is 16.3. The Balaban J connectivity index is 1.83. The molecule has 9 heteroatoms. The van der Waals surface area contributed by atoms with E-state index in [4.69, 9.17) is 4.42 Å². The first-order valence-corrected chi connectivity index (χ1v) is 7.87. The van der Waals surface area contributed by atoms with Crippen molar-refractivity contribution >= 4 is 11.8 Å². The first-order chi connectivity index (χ1) is 12.0. The van der Waals surface area contributed by atoms with Gasteiger partial charge in [-0.25, -0.2) is 4.79 Å². The number of piperazine rings is 1. The Morgan fingerprint density at radius 1 is 1.16 bits per heavy atom. The lowest BCUT2D eigenvalue weighted by atomic mass is 10.2. The van der Waals surface area contributed by atoms with E-state index in [0.29, 0.717) is 31.9 Å². The van der Waals surface area contributed by atoms with Crippen LogP contribution in [-0.4, -0.2) is 57.3 Å². The number of nitrogens with one attached hydrogen (secondary N) is 1. The predicted molar refractivity (Wildman–Crippen MR) is 87.3 cm³/mol. The van der Waals surface area contributed by atoms with E-state index in [0.717, 1.165) is 10.8 Å². The van der Waals surface area contributed by atoms with Crippen LogP contribution in [0.5, 0.6) is 0 Å². The minimum atomic E-state index is -0.667. The monoisotopic (exact) mass is 346 g/mol. The largest absolute Gasteiger partial charge is 0.467 e. The number of hydrogen-bond acceptors (Lipinski definition) is 5. The van der Waals surface area contributed by atoms with Gasteiger partial charge in [-0.15, -0.1) is 0 Å². The molecular formula is C16H18N4O5. The van der Waals surface area contributed by atoms with E-state index in [-0.39, 0.29) is 18.0 Å². The zero-order chi connectivity index (χ0) is 18.0. The van der Waals surface area contributed by atoms with Crippen molar-refractivity contribution in [3.8, 4) is 0 Å². The molecule has 0 bridgehead atoms. The van der Waals surface area contributed by atoms with Crippen LogP contribution in [0.3, 0.4) is 0 Å². The molecule has 3 rings (SSSR count). The number of carbonyl (C=O) groups excluding carboxylic acids is 2. The summed E-state index contributed by atoms with van der Waals surface area (Å²) in [4.78, 5) is 54.0. The Labute approximate surface area is 142 Å². The lowest BCUT2D eigenvalue weighted by molar-refractivity contribution is -0.130. The van der Waals surface area contributed by atoms with Crippen LogP contribution in [0.4, 0.5) is 0 Å². The molecule has 1 aliphatic heterocycles. The summed E-state index contributed by atoms with van der Waals surface area (Å²) in [7, 11) is 0. The number of rotatable bonds is 3. The fourth-order valence-corrected chi connectivity index (χ4v) is 2.76. The van der Waals surface area contributed by atoms with E-state index in [1.165, 1.54) is 18.1 Å². The van der Waals surface area contributed by atoms with E-state index in [9.17, 15) is 19.2 Å². The second-order valence-electron chi connectivity index (χ2n) is 5.78. The molecule has 2 aromatic heterocycles. The molecule has 1 N–H and O–H groups in total. The van der Waals surface area contributed by atoms with Crippen molar-refractivity contribution < 1.29 is 14.0 Å². The Hall–Kier alpha value is -3.10. The van der Waals surface area contributed by atoms with E-state index in [1.807, 2.05) is 0 Å². The fourth-order valence-electron chi connectivity index (χ4n) is 2.76.